The van der Waals surface area contributed by atoms with E-state index in [1.807, 2.05) is 0 Å². The van der Waals surface area contributed by atoms with Crippen molar-refractivity contribution in [1.82, 2.24) is 10.2 Å². The smallest absolute Gasteiger partial charge is 0.326 e. The molecule has 0 aromatic carbocycles. The number of hydrogen-bond donors (Lipinski definition) is 4. The minimum Gasteiger partial charge on any atom is -0.481 e. The van der Waals surface area contributed by atoms with Gasteiger partial charge in [0, 0.05) is 19.5 Å². The number of rotatable bonds is 6. The van der Waals surface area contributed by atoms with Crippen molar-refractivity contribution >= 4 is 18.0 Å². The predicted octanol–water partition coefficient (Wildman–Crippen LogP) is -0.705. The summed E-state index contributed by atoms with van der Waals surface area (Å²) in [5.41, 5.74) is 5.51. The highest BCUT2D eigenvalue weighted by molar-refractivity contribution is 5.83. The number of carboxylic acid groups (broad SMARTS) is 2. The Hall–Kier alpha value is -1.83. The van der Waals surface area contributed by atoms with E-state index in [0.717, 1.165) is 6.42 Å². The lowest BCUT2D eigenvalue weighted by molar-refractivity contribution is -0.140. The highest BCUT2D eigenvalue weighted by Crippen LogP contribution is 2.14. The van der Waals surface area contributed by atoms with Crippen LogP contribution in [0.2, 0.25) is 0 Å². The maximum absolute atomic E-state index is 11.8. The van der Waals surface area contributed by atoms with Gasteiger partial charge in [-0.25, -0.2) is 9.59 Å². The molecule has 1 rings (SSSR count). The van der Waals surface area contributed by atoms with Gasteiger partial charge in [-0.2, -0.15) is 0 Å². The second kappa shape index (κ2) is 6.93. The number of hydrogen-bond acceptors (Lipinski definition) is 4. The zero-order valence-electron chi connectivity index (χ0n) is 10.5. The molecular formula is C11H19N3O5. The first-order valence-corrected chi connectivity index (χ1v) is 6.14. The van der Waals surface area contributed by atoms with Crippen molar-refractivity contribution in [2.75, 3.05) is 19.6 Å². The molecule has 1 aliphatic rings. The van der Waals surface area contributed by atoms with Gasteiger partial charge in [-0.1, -0.05) is 0 Å². The lowest BCUT2D eigenvalue weighted by atomic mass is 10.1. The van der Waals surface area contributed by atoms with E-state index in [0.29, 0.717) is 19.6 Å². The minimum absolute atomic E-state index is 0.134. The van der Waals surface area contributed by atoms with Crippen molar-refractivity contribution in [3.05, 3.63) is 0 Å². The second-order valence-corrected chi connectivity index (χ2v) is 4.61. The first-order chi connectivity index (χ1) is 8.93. The number of carbonyl (C=O) groups excluding carboxylic acids is 1. The molecule has 0 aliphatic carbocycles. The highest BCUT2D eigenvalue weighted by atomic mass is 16.4. The van der Waals surface area contributed by atoms with Gasteiger partial charge < -0.3 is 26.2 Å². The molecule has 8 nitrogen and oxygen atoms in total. The van der Waals surface area contributed by atoms with E-state index in [1.165, 1.54) is 4.90 Å². The Morgan fingerprint density at radius 3 is 2.53 bits per heavy atom. The molecule has 2 atom stereocenters. The normalized spacial score (nSPS) is 20.1. The van der Waals surface area contributed by atoms with Crippen molar-refractivity contribution in [3.63, 3.8) is 0 Å². The summed E-state index contributed by atoms with van der Waals surface area (Å²) in [5, 5.41) is 19.8. The van der Waals surface area contributed by atoms with E-state index in [2.05, 4.69) is 5.32 Å². The Morgan fingerprint density at radius 2 is 2.05 bits per heavy atom. The molecule has 2 unspecified atom stereocenters. The fraction of sp³-hybridized carbons (Fsp3) is 0.727. The Kier molecular flexibility index (Phi) is 5.56. The maximum atomic E-state index is 11.8. The van der Waals surface area contributed by atoms with E-state index in [4.69, 9.17) is 15.9 Å². The van der Waals surface area contributed by atoms with Crippen LogP contribution in [0.25, 0.3) is 0 Å². The average Bonchev–Trinajstić information content (AvgIpc) is 2.82. The molecule has 2 amide bonds. The summed E-state index contributed by atoms with van der Waals surface area (Å²) >= 11 is 0. The molecule has 1 aliphatic heterocycles. The van der Waals surface area contributed by atoms with Crippen molar-refractivity contribution in [2.45, 2.75) is 25.3 Å². The van der Waals surface area contributed by atoms with Gasteiger partial charge in [0.15, 0.2) is 0 Å². The zero-order valence-corrected chi connectivity index (χ0v) is 10.5. The Bertz CT molecular complexity index is 360. The zero-order chi connectivity index (χ0) is 14.4. The van der Waals surface area contributed by atoms with Gasteiger partial charge in [0.25, 0.3) is 0 Å². The molecular weight excluding hydrogens is 254 g/mol. The number of aliphatic carboxylic acids is 2. The predicted molar refractivity (Wildman–Crippen MR) is 65.6 cm³/mol. The summed E-state index contributed by atoms with van der Waals surface area (Å²) in [5.74, 6) is -2.08. The fourth-order valence-corrected chi connectivity index (χ4v) is 1.98. The highest BCUT2D eigenvalue weighted by Gasteiger charge is 2.28. The van der Waals surface area contributed by atoms with E-state index >= 15 is 0 Å². The van der Waals surface area contributed by atoms with E-state index in [-0.39, 0.29) is 18.8 Å². The van der Waals surface area contributed by atoms with Crippen LogP contribution in [0.15, 0.2) is 0 Å². The average molecular weight is 273 g/mol. The van der Waals surface area contributed by atoms with Crippen LogP contribution >= 0.6 is 0 Å². The molecule has 0 aromatic heterocycles. The first kappa shape index (κ1) is 15.2. The molecule has 108 valence electrons. The molecule has 1 fully saturated rings. The van der Waals surface area contributed by atoms with Gasteiger partial charge in [-0.15, -0.1) is 0 Å². The van der Waals surface area contributed by atoms with Crippen LogP contribution in [-0.4, -0.2) is 58.8 Å². The Morgan fingerprint density at radius 1 is 1.37 bits per heavy atom. The van der Waals surface area contributed by atoms with Gasteiger partial charge in [-0.3, -0.25) is 4.79 Å². The molecule has 0 bridgehead atoms. The quantitative estimate of drug-likeness (QED) is 0.505. The molecule has 1 saturated heterocycles. The number of carbonyl (C=O) groups is 3. The number of urea groups is 1. The Balaban J connectivity index is 2.47. The third kappa shape index (κ3) is 4.74. The minimum atomic E-state index is -1.23. The molecule has 19 heavy (non-hydrogen) atoms. The van der Waals surface area contributed by atoms with Crippen molar-refractivity contribution < 1.29 is 24.6 Å². The van der Waals surface area contributed by atoms with E-state index < -0.39 is 24.0 Å². The largest absolute Gasteiger partial charge is 0.481 e. The standard InChI is InChI=1S/C11H19N3O5/c12-5-7-3-4-14(6-7)11(19)13-8(10(17)18)1-2-9(15)16/h7-8H,1-6,12H2,(H,13,19)(H,15,16)(H,17,18). The van der Waals surface area contributed by atoms with Gasteiger partial charge in [0.2, 0.25) is 0 Å². The SMILES string of the molecule is NCC1CCN(C(=O)NC(CCC(=O)O)C(=O)O)C1. The number of carboxylic acids is 2. The molecule has 5 N–H and O–H groups in total. The summed E-state index contributed by atoms with van der Waals surface area (Å²) in [4.78, 5) is 34.7. The van der Waals surface area contributed by atoms with Gasteiger partial charge in [0.05, 0.1) is 0 Å². The number of likely N-dealkylation sites (tertiary alicyclic amines) is 1. The summed E-state index contributed by atoms with van der Waals surface area (Å²) in [7, 11) is 0. The summed E-state index contributed by atoms with van der Waals surface area (Å²) in [6, 6.07) is -1.66. The Labute approximate surface area is 110 Å². The molecule has 0 spiro atoms. The lowest BCUT2D eigenvalue weighted by Gasteiger charge is -2.20. The topological polar surface area (TPSA) is 133 Å². The van der Waals surface area contributed by atoms with Crippen LogP contribution < -0.4 is 11.1 Å². The third-order valence-corrected chi connectivity index (χ3v) is 3.15. The van der Waals surface area contributed by atoms with Crippen LogP contribution in [0.5, 0.6) is 0 Å². The monoisotopic (exact) mass is 273 g/mol. The van der Waals surface area contributed by atoms with Gasteiger partial charge in [-0.05, 0) is 25.3 Å². The summed E-state index contributed by atoms with van der Waals surface area (Å²) in [6.45, 7) is 1.54. The number of amides is 2. The van der Waals surface area contributed by atoms with Crippen molar-refractivity contribution in [2.24, 2.45) is 11.7 Å². The first-order valence-electron chi connectivity index (χ1n) is 6.14. The molecule has 0 saturated carbocycles. The van der Waals surface area contributed by atoms with Crippen LogP contribution in [0, 0.1) is 5.92 Å². The fourth-order valence-electron chi connectivity index (χ4n) is 1.98. The van der Waals surface area contributed by atoms with Crippen molar-refractivity contribution in [1.29, 1.82) is 0 Å². The number of nitrogens with two attached hydrogens (primary N) is 1. The van der Waals surface area contributed by atoms with Crippen molar-refractivity contribution in [3.8, 4) is 0 Å². The van der Waals surface area contributed by atoms with Crippen LogP contribution in [0.1, 0.15) is 19.3 Å². The van der Waals surface area contributed by atoms with Gasteiger partial charge >= 0.3 is 18.0 Å². The number of nitrogens with one attached hydrogen (secondary N) is 1. The summed E-state index contributed by atoms with van der Waals surface area (Å²) < 4.78 is 0. The molecule has 1 heterocycles. The van der Waals surface area contributed by atoms with E-state index in [9.17, 15) is 14.4 Å². The third-order valence-electron chi connectivity index (χ3n) is 3.15. The second-order valence-electron chi connectivity index (χ2n) is 4.61. The molecule has 0 radical (unpaired) electrons. The van der Waals surface area contributed by atoms with Crippen LogP contribution in [-0.2, 0) is 9.59 Å². The number of nitrogens with zero attached hydrogens (tertiary/aromatic N) is 1. The van der Waals surface area contributed by atoms with E-state index in [1.54, 1.807) is 0 Å². The summed E-state index contributed by atoms with van der Waals surface area (Å²) in [6.07, 6.45) is 0.365. The molecule has 8 heteroatoms. The maximum Gasteiger partial charge on any atom is 0.326 e. The lowest BCUT2D eigenvalue weighted by Crippen LogP contribution is -2.47. The van der Waals surface area contributed by atoms with Crippen LogP contribution in [0.3, 0.4) is 0 Å². The van der Waals surface area contributed by atoms with Crippen LogP contribution in [0.4, 0.5) is 4.79 Å². The molecule has 0 aromatic rings. The van der Waals surface area contributed by atoms with Gasteiger partial charge in [0.1, 0.15) is 6.04 Å².